The van der Waals surface area contributed by atoms with Crippen LogP contribution in [-0.2, 0) is 16.0 Å². The van der Waals surface area contributed by atoms with Gasteiger partial charge in [0, 0.05) is 36.8 Å². The maximum absolute atomic E-state index is 12.1. The molecule has 0 spiro atoms. The number of carboxylic acid groups (broad SMARTS) is 1. The van der Waals surface area contributed by atoms with Gasteiger partial charge in [-0.05, 0) is 51.0 Å². The van der Waals surface area contributed by atoms with Gasteiger partial charge in [-0.15, -0.1) is 12.6 Å². The highest BCUT2D eigenvalue weighted by Gasteiger charge is 2.26. The van der Waals surface area contributed by atoms with Crippen molar-refractivity contribution in [3.05, 3.63) is 23.3 Å². The Balaban J connectivity index is 2.06. The largest absolute Gasteiger partial charge is 0.481 e. The monoisotopic (exact) mass is 366 g/mol. The molecule has 1 aromatic rings. The third-order valence-electron chi connectivity index (χ3n) is 4.11. The number of rotatable bonds is 3. The SMILES string of the molecule is Cc1c(S)cc(N2CCN(C(=O)OC(C)(C)C)CC2)cc1CC(=O)O. The van der Waals surface area contributed by atoms with E-state index in [1.807, 2.05) is 39.8 Å². The highest BCUT2D eigenvalue weighted by Crippen LogP contribution is 2.27. The molecule has 1 N–H and O–H groups in total. The predicted octanol–water partition coefficient (Wildman–Crippen LogP) is 2.97. The molecule has 1 amide bonds. The topological polar surface area (TPSA) is 70.1 Å². The van der Waals surface area contributed by atoms with E-state index in [9.17, 15) is 9.59 Å². The number of piperazine rings is 1. The molecule has 2 rings (SSSR count). The van der Waals surface area contributed by atoms with Crippen LogP contribution in [0, 0.1) is 6.92 Å². The van der Waals surface area contributed by atoms with Crippen molar-refractivity contribution < 1.29 is 19.4 Å². The summed E-state index contributed by atoms with van der Waals surface area (Å²) in [5.74, 6) is -0.859. The summed E-state index contributed by atoms with van der Waals surface area (Å²) in [6.45, 7) is 9.91. The van der Waals surface area contributed by atoms with Crippen molar-refractivity contribution >= 4 is 30.4 Å². The van der Waals surface area contributed by atoms with Crippen LogP contribution in [-0.4, -0.2) is 53.8 Å². The molecule has 1 aromatic carbocycles. The number of benzene rings is 1. The van der Waals surface area contributed by atoms with Crippen LogP contribution in [0.1, 0.15) is 31.9 Å². The minimum Gasteiger partial charge on any atom is -0.481 e. The van der Waals surface area contributed by atoms with Gasteiger partial charge in [0.1, 0.15) is 5.60 Å². The second-order valence-corrected chi connectivity index (χ2v) is 7.76. The summed E-state index contributed by atoms with van der Waals surface area (Å²) >= 11 is 4.47. The van der Waals surface area contributed by atoms with Crippen LogP contribution >= 0.6 is 12.6 Å². The van der Waals surface area contributed by atoms with E-state index in [0.717, 1.165) is 21.7 Å². The minimum absolute atomic E-state index is 0.0227. The Kier molecular flexibility index (Phi) is 5.87. The van der Waals surface area contributed by atoms with Gasteiger partial charge in [-0.2, -0.15) is 0 Å². The first-order chi connectivity index (χ1) is 11.6. The lowest BCUT2D eigenvalue weighted by molar-refractivity contribution is -0.136. The summed E-state index contributed by atoms with van der Waals surface area (Å²) in [7, 11) is 0. The number of anilines is 1. The molecule has 0 atom stereocenters. The Morgan fingerprint density at radius 1 is 1.20 bits per heavy atom. The lowest BCUT2D eigenvalue weighted by Gasteiger charge is -2.37. The first kappa shape index (κ1) is 19.4. The number of carboxylic acids is 1. The highest BCUT2D eigenvalue weighted by molar-refractivity contribution is 7.80. The molecular formula is C18H26N2O4S. The molecule has 0 unspecified atom stereocenters. The second-order valence-electron chi connectivity index (χ2n) is 7.27. The summed E-state index contributed by atoms with van der Waals surface area (Å²) in [5.41, 5.74) is 2.10. The Labute approximate surface area is 154 Å². The van der Waals surface area contributed by atoms with Crippen LogP contribution in [0.3, 0.4) is 0 Å². The molecule has 1 fully saturated rings. The maximum atomic E-state index is 12.1. The molecule has 0 aromatic heterocycles. The number of nitrogens with zero attached hydrogens (tertiary/aromatic N) is 2. The zero-order valence-corrected chi connectivity index (χ0v) is 16.1. The van der Waals surface area contributed by atoms with E-state index in [0.29, 0.717) is 26.2 Å². The Hall–Kier alpha value is -1.89. The number of thiol groups is 1. The van der Waals surface area contributed by atoms with Crippen LogP contribution in [0.15, 0.2) is 17.0 Å². The normalized spacial score (nSPS) is 15.2. The van der Waals surface area contributed by atoms with E-state index in [1.54, 1.807) is 4.90 Å². The number of carbonyl (C=O) groups is 2. The zero-order valence-electron chi connectivity index (χ0n) is 15.2. The average Bonchev–Trinajstić information content (AvgIpc) is 2.49. The molecule has 0 bridgehead atoms. The third kappa shape index (κ3) is 5.29. The van der Waals surface area contributed by atoms with E-state index in [-0.39, 0.29) is 12.5 Å². The third-order valence-corrected chi connectivity index (χ3v) is 4.58. The highest BCUT2D eigenvalue weighted by atomic mass is 32.1. The number of hydrogen-bond acceptors (Lipinski definition) is 5. The van der Waals surface area contributed by atoms with Crippen molar-refractivity contribution in [2.75, 3.05) is 31.1 Å². The summed E-state index contributed by atoms with van der Waals surface area (Å²) in [4.78, 5) is 27.8. The van der Waals surface area contributed by atoms with Gasteiger partial charge >= 0.3 is 12.1 Å². The standard InChI is InChI=1S/C18H26N2O4S/c1-12-13(10-16(21)22)9-14(11-15(12)25)19-5-7-20(8-6-19)17(23)24-18(2,3)4/h9,11,25H,5-8,10H2,1-4H3,(H,21,22). The minimum atomic E-state index is -0.859. The van der Waals surface area contributed by atoms with Crippen LogP contribution in [0.5, 0.6) is 0 Å². The fourth-order valence-electron chi connectivity index (χ4n) is 2.74. The first-order valence-corrected chi connectivity index (χ1v) is 8.78. The summed E-state index contributed by atoms with van der Waals surface area (Å²) in [6.07, 6.45) is -0.317. The first-order valence-electron chi connectivity index (χ1n) is 8.34. The maximum Gasteiger partial charge on any atom is 0.410 e. The number of hydrogen-bond donors (Lipinski definition) is 2. The van der Waals surface area contributed by atoms with E-state index in [4.69, 9.17) is 9.84 Å². The fraction of sp³-hybridized carbons (Fsp3) is 0.556. The second kappa shape index (κ2) is 7.56. The molecule has 138 valence electrons. The van der Waals surface area contributed by atoms with Gasteiger partial charge in [0.25, 0.3) is 0 Å². The van der Waals surface area contributed by atoms with Crippen LogP contribution in [0.2, 0.25) is 0 Å². The van der Waals surface area contributed by atoms with E-state index in [2.05, 4.69) is 17.5 Å². The number of ether oxygens (including phenoxy) is 1. The number of amides is 1. The molecule has 1 heterocycles. The average molecular weight is 366 g/mol. The van der Waals surface area contributed by atoms with Crippen molar-refractivity contribution in [3.63, 3.8) is 0 Å². The smallest absolute Gasteiger partial charge is 0.410 e. The molecule has 7 heteroatoms. The summed E-state index contributed by atoms with van der Waals surface area (Å²) in [5, 5.41) is 9.08. The van der Waals surface area contributed by atoms with Gasteiger partial charge in [-0.25, -0.2) is 4.79 Å². The fourth-order valence-corrected chi connectivity index (χ4v) is 3.02. The summed E-state index contributed by atoms with van der Waals surface area (Å²) in [6, 6.07) is 3.86. The summed E-state index contributed by atoms with van der Waals surface area (Å²) < 4.78 is 5.41. The van der Waals surface area contributed by atoms with E-state index in [1.165, 1.54) is 0 Å². The molecule has 1 aliphatic rings. The van der Waals surface area contributed by atoms with Gasteiger partial charge in [0.15, 0.2) is 0 Å². The van der Waals surface area contributed by atoms with Crippen molar-refractivity contribution in [1.29, 1.82) is 0 Å². The van der Waals surface area contributed by atoms with Crippen LogP contribution in [0.4, 0.5) is 10.5 Å². The van der Waals surface area contributed by atoms with Crippen molar-refractivity contribution in [3.8, 4) is 0 Å². The molecule has 0 saturated carbocycles. The Morgan fingerprint density at radius 3 is 2.32 bits per heavy atom. The Bertz CT molecular complexity index is 662. The molecule has 1 saturated heterocycles. The lowest BCUT2D eigenvalue weighted by atomic mass is 10.0. The van der Waals surface area contributed by atoms with Crippen molar-refractivity contribution in [2.45, 2.75) is 44.6 Å². The Morgan fingerprint density at radius 2 is 1.80 bits per heavy atom. The van der Waals surface area contributed by atoms with E-state index >= 15 is 0 Å². The molecule has 1 aliphatic heterocycles. The van der Waals surface area contributed by atoms with Crippen molar-refractivity contribution in [1.82, 2.24) is 4.90 Å². The van der Waals surface area contributed by atoms with Crippen molar-refractivity contribution in [2.24, 2.45) is 0 Å². The lowest BCUT2D eigenvalue weighted by Crippen LogP contribution is -2.50. The molecular weight excluding hydrogens is 340 g/mol. The quantitative estimate of drug-likeness (QED) is 0.805. The van der Waals surface area contributed by atoms with Crippen LogP contribution < -0.4 is 4.90 Å². The van der Waals surface area contributed by atoms with Gasteiger partial charge in [0.05, 0.1) is 6.42 Å². The van der Waals surface area contributed by atoms with Gasteiger partial charge in [0.2, 0.25) is 0 Å². The molecule has 0 radical (unpaired) electrons. The molecule has 0 aliphatic carbocycles. The molecule has 25 heavy (non-hydrogen) atoms. The predicted molar refractivity (Wildman–Crippen MR) is 99.8 cm³/mol. The van der Waals surface area contributed by atoms with Gasteiger partial charge < -0.3 is 19.6 Å². The zero-order chi connectivity index (χ0) is 18.8. The number of aliphatic carboxylic acids is 1. The van der Waals surface area contributed by atoms with Gasteiger partial charge in [-0.1, -0.05) is 0 Å². The number of carbonyl (C=O) groups excluding carboxylic acids is 1. The molecule has 6 nitrogen and oxygen atoms in total. The van der Waals surface area contributed by atoms with E-state index < -0.39 is 11.6 Å². The van der Waals surface area contributed by atoms with Gasteiger partial charge in [-0.3, -0.25) is 4.79 Å². The van der Waals surface area contributed by atoms with Crippen LogP contribution in [0.25, 0.3) is 0 Å².